The minimum absolute atomic E-state index is 0.00959. The molecular formula is C22H36N2O2. The molecule has 0 aromatic carbocycles. The predicted molar refractivity (Wildman–Crippen MR) is 107 cm³/mol. The van der Waals surface area contributed by atoms with Crippen molar-refractivity contribution in [1.82, 2.24) is 10.6 Å². The van der Waals surface area contributed by atoms with Crippen LogP contribution in [0, 0.1) is 5.92 Å². The van der Waals surface area contributed by atoms with Gasteiger partial charge in [0, 0.05) is 24.0 Å². The number of hydrogen-bond acceptors (Lipinski definition) is 2. The monoisotopic (exact) mass is 360 g/mol. The van der Waals surface area contributed by atoms with Gasteiger partial charge in [-0.2, -0.15) is 0 Å². The summed E-state index contributed by atoms with van der Waals surface area (Å²) in [7, 11) is 0. The summed E-state index contributed by atoms with van der Waals surface area (Å²) in [6.07, 6.45) is 13.9. The van der Waals surface area contributed by atoms with Gasteiger partial charge in [0.1, 0.15) is 0 Å². The number of allylic oxidation sites excluding steroid dienone is 2. The van der Waals surface area contributed by atoms with Gasteiger partial charge < -0.3 is 10.6 Å². The Morgan fingerprint density at radius 2 is 1.58 bits per heavy atom. The Morgan fingerprint density at radius 1 is 1.00 bits per heavy atom. The molecule has 0 saturated heterocycles. The lowest BCUT2D eigenvalue weighted by Gasteiger charge is -2.31. The zero-order valence-corrected chi connectivity index (χ0v) is 17.0. The fraction of sp³-hybridized carbons (Fsp3) is 0.727. The summed E-state index contributed by atoms with van der Waals surface area (Å²) in [5.74, 6) is 0.300. The molecule has 2 rings (SSSR count). The van der Waals surface area contributed by atoms with Crippen molar-refractivity contribution in [3.05, 3.63) is 23.3 Å². The lowest BCUT2D eigenvalue weighted by molar-refractivity contribution is -0.126. The summed E-state index contributed by atoms with van der Waals surface area (Å²) >= 11 is 0. The quantitative estimate of drug-likeness (QED) is 0.763. The normalized spacial score (nSPS) is 19.9. The molecule has 0 bridgehead atoms. The lowest BCUT2D eigenvalue weighted by atomic mass is 9.89. The molecule has 26 heavy (non-hydrogen) atoms. The maximum absolute atomic E-state index is 12.9. The highest BCUT2D eigenvalue weighted by molar-refractivity contribution is 5.95. The minimum Gasteiger partial charge on any atom is -0.350 e. The van der Waals surface area contributed by atoms with Crippen LogP contribution >= 0.6 is 0 Å². The molecule has 0 aromatic heterocycles. The smallest absolute Gasteiger partial charge is 0.247 e. The van der Waals surface area contributed by atoms with Gasteiger partial charge in [0.05, 0.1) is 5.54 Å². The topological polar surface area (TPSA) is 58.2 Å². The molecular weight excluding hydrogens is 324 g/mol. The first-order chi connectivity index (χ1) is 12.3. The van der Waals surface area contributed by atoms with Crippen LogP contribution in [0.2, 0.25) is 0 Å². The number of amides is 2. The molecule has 0 radical (unpaired) electrons. The molecule has 1 fully saturated rings. The number of hydrogen-bond donors (Lipinski definition) is 2. The third-order valence-corrected chi connectivity index (χ3v) is 5.54. The SMILES string of the molecule is CC(C)NC(=O)C1=CC=C(C(C)(C)NC(=O)C2CCCCCCCC2)C1. The average Bonchev–Trinajstić information content (AvgIpc) is 3.08. The van der Waals surface area contributed by atoms with Crippen molar-refractivity contribution in [2.24, 2.45) is 5.92 Å². The summed E-state index contributed by atoms with van der Waals surface area (Å²) < 4.78 is 0. The molecule has 0 unspecified atom stereocenters. The van der Waals surface area contributed by atoms with E-state index in [-0.39, 0.29) is 23.8 Å². The Morgan fingerprint density at radius 3 is 2.15 bits per heavy atom. The van der Waals surface area contributed by atoms with Crippen molar-refractivity contribution >= 4 is 11.8 Å². The van der Waals surface area contributed by atoms with E-state index >= 15 is 0 Å². The summed E-state index contributed by atoms with van der Waals surface area (Å²) in [6.45, 7) is 8.01. The standard InChI is InChI=1S/C22H36N2O2/c1-16(2)23-20(25)18-13-14-19(15-18)22(3,4)24-21(26)17-11-9-7-5-6-8-10-12-17/h13-14,16-17H,5-12,15H2,1-4H3,(H,23,25)(H,24,26). The lowest BCUT2D eigenvalue weighted by Crippen LogP contribution is -2.47. The van der Waals surface area contributed by atoms with Crippen LogP contribution in [0.3, 0.4) is 0 Å². The first-order valence-electron chi connectivity index (χ1n) is 10.3. The van der Waals surface area contributed by atoms with Crippen LogP contribution in [0.15, 0.2) is 23.3 Å². The highest BCUT2D eigenvalue weighted by Crippen LogP contribution is 2.30. The molecule has 4 heteroatoms. The van der Waals surface area contributed by atoms with E-state index in [9.17, 15) is 9.59 Å². The Bertz CT molecular complexity index is 563. The zero-order chi connectivity index (χ0) is 19.2. The van der Waals surface area contributed by atoms with Crippen LogP contribution in [0.4, 0.5) is 0 Å². The van der Waals surface area contributed by atoms with Gasteiger partial charge >= 0.3 is 0 Å². The van der Waals surface area contributed by atoms with Gasteiger partial charge in [0.15, 0.2) is 0 Å². The second-order valence-electron chi connectivity index (χ2n) is 8.70. The Kier molecular flexibility index (Phi) is 7.48. The van der Waals surface area contributed by atoms with Gasteiger partial charge in [-0.1, -0.05) is 50.7 Å². The number of rotatable bonds is 5. The van der Waals surface area contributed by atoms with Gasteiger partial charge in [-0.25, -0.2) is 0 Å². The van der Waals surface area contributed by atoms with E-state index < -0.39 is 5.54 Å². The van der Waals surface area contributed by atoms with Crippen LogP contribution in [0.25, 0.3) is 0 Å². The summed E-state index contributed by atoms with van der Waals surface area (Å²) in [4.78, 5) is 25.1. The summed E-state index contributed by atoms with van der Waals surface area (Å²) in [5, 5.41) is 6.20. The molecule has 146 valence electrons. The molecule has 1 saturated carbocycles. The minimum atomic E-state index is -0.425. The maximum atomic E-state index is 12.9. The number of carbonyl (C=O) groups is 2. The van der Waals surface area contributed by atoms with Gasteiger partial charge in [-0.05, 0) is 46.1 Å². The highest BCUT2D eigenvalue weighted by Gasteiger charge is 2.31. The van der Waals surface area contributed by atoms with Crippen molar-refractivity contribution in [2.75, 3.05) is 0 Å². The molecule has 2 aliphatic rings. The van der Waals surface area contributed by atoms with Crippen molar-refractivity contribution in [2.45, 2.75) is 97.1 Å². The van der Waals surface area contributed by atoms with Crippen molar-refractivity contribution in [1.29, 1.82) is 0 Å². The van der Waals surface area contributed by atoms with Crippen LogP contribution < -0.4 is 10.6 Å². The Hall–Kier alpha value is -1.58. The summed E-state index contributed by atoms with van der Waals surface area (Å²) in [6, 6.07) is 0.128. The molecule has 0 spiro atoms. The second-order valence-corrected chi connectivity index (χ2v) is 8.70. The summed E-state index contributed by atoms with van der Waals surface area (Å²) in [5.41, 5.74) is 1.45. The molecule has 2 N–H and O–H groups in total. The van der Waals surface area contributed by atoms with E-state index in [1.54, 1.807) is 0 Å². The molecule has 2 aliphatic carbocycles. The van der Waals surface area contributed by atoms with Crippen LogP contribution in [-0.4, -0.2) is 23.4 Å². The van der Waals surface area contributed by atoms with E-state index in [0.717, 1.165) is 36.8 Å². The van der Waals surface area contributed by atoms with Gasteiger partial charge in [0.25, 0.3) is 0 Å². The fourth-order valence-electron chi connectivity index (χ4n) is 3.85. The van der Waals surface area contributed by atoms with Crippen LogP contribution in [-0.2, 0) is 9.59 Å². The molecule has 4 nitrogen and oxygen atoms in total. The number of nitrogens with one attached hydrogen (secondary N) is 2. The first-order valence-corrected chi connectivity index (χ1v) is 10.3. The highest BCUT2D eigenvalue weighted by atomic mass is 16.2. The molecule has 2 amide bonds. The third kappa shape index (κ3) is 6.00. The zero-order valence-electron chi connectivity index (χ0n) is 17.0. The van der Waals surface area contributed by atoms with Crippen LogP contribution in [0.1, 0.15) is 85.5 Å². The second kappa shape index (κ2) is 9.38. The molecule has 0 heterocycles. The Labute approximate surface area is 158 Å². The largest absolute Gasteiger partial charge is 0.350 e. The van der Waals surface area contributed by atoms with Crippen molar-refractivity contribution < 1.29 is 9.59 Å². The van der Waals surface area contributed by atoms with Gasteiger partial charge in [-0.15, -0.1) is 0 Å². The van der Waals surface area contributed by atoms with E-state index in [0.29, 0.717) is 6.42 Å². The van der Waals surface area contributed by atoms with Gasteiger partial charge in [0.2, 0.25) is 11.8 Å². The Balaban J connectivity index is 1.91. The van der Waals surface area contributed by atoms with Gasteiger partial charge in [-0.3, -0.25) is 9.59 Å². The molecule has 0 aliphatic heterocycles. The van der Waals surface area contributed by atoms with Crippen LogP contribution in [0.5, 0.6) is 0 Å². The van der Waals surface area contributed by atoms with E-state index in [1.165, 1.54) is 25.7 Å². The van der Waals surface area contributed by atoms with E-state index in [4.69, 9.17) is 0 Å². The third-order valence-electron chi connectivity index (χ3n) is 5.54. The number of carbonyl (C=O) groups excluding carboxylic acids is 2. The molecule has 0 atom stereocenters. The maximum Gasteiger partial charge on any atom is 0.247 e. The van der Waals surface area contributed by atoms with Crippen molar-refractivity contribution in [3.63, 3.8) is 0 Å². The average molecular weight is 361 g/mol. The van der Waals surface area contributed by atoms with Crippen molar-refractivity contribution in [3.8, 4) is 0 Å². The molecule has 0 aromatic rings. The first kappa shape index (κ1) is 20.7. The fourth-order valence-corrected chi connectivity index (χ4v) is 3.85. The van der Waals surface area contributed by atoms with E-state index in [1.807, 2.05) is 39.8 Å². The predicted octanol–water partition coefficient (Wildman–Crippen LogP) is 4.41. The van der Waals surface area contributed by atoms with E-state index in [2.05, 4.69) is 10.6 Å².